The first kappa shape index (κ1) is 9.58. The first-order valence-electron chi connectivity index (χ1n) is 3.09. The van der Waals surface area contributed by atoms with Gasteiger partial charge >= 0.3 is 0 Å². The van der Waals surface area contributed by atoms with Gasteiger partial charge in [0.15, 0.2) is 0 Å². The van der Waals surface area contributed by atoms with E-state index in [1.807, 2.05) is 0 Å². The number of hydrogen-bond acceptors (Lipinski definition) is 3. The van der Waals surface area contributed by atoms with E-state index in [4.69, 9.17) is 10.9 Å². The van der Waals surface area contributed by atoms with E-state index in [0.29, 0.717) is 6.54 Å². The number of thioether (sulfide) groups is 1. The van der Waals surface area contributed by atoms with E-state index in [9.17, 15) is 0 Å². The van der Waals surface area contributed by atoms with Gasteiger partial charge in [-0.15, -0.1) is 0 Å². The van der Waals surface area contributed by atoms with E-state index >= 15 is 0 Å². The molecule has 0 unspecified atom stereocenters. The topological polar surface area (TPSA) is 70.6 Å². The maximum Gasteiger partial charge on any atom is 0.212 e. The molecule has 0 aromatic rings. The quantitative estimate of drug-likeness (QED) is 0.237. The van der Waals surface area contributed by atoms with Gasteiger partial charge in [-0.2, -0.15) is 11.8 Å². The molecule has 4 N–H and O–H groups in total. The minimum absolute atomic E-state index is 0.0803. The molecule has 0 bridgehead atoms. The molecule has 4 nitrogen and oxygen atoms in total. The van der Waals surface area contributed by atoms with Crippen LogP contribution in [0.2, 0.25) is 0 Å². The van der Waals surface area contributed by atoms with Crippen molar-refractivity contribution in [1.29, 1.82) is 0 Å². The number of aliphatic imine (C=N–C) groups is 1. The summed E-state index contributed by atoms with van der Waals surface area (Å²) in [7, 11) is 0. The summed E-state index contributed by atoms with van der Waals surface area (Å²) in [5.41, 5.74) is 6.90. The van der Waals surface area contributed by atoms with Crippen LogP contribution in [0.25, 0.3) is 0 Å². The molecule has 10 heavy (non-hydrogen) atoms. The van der Waals surface area contributed by atoms with Crippen LogP contribution in [0, 0.1) is 0 Å². The van der Waals surface area contributed by atoms with Crippen molar-refractivity contribution in [2.75, 3.05) is 18.1 Å². The molecule has 0 fully saturated rings. The SMILES string of the molecule is CCSCCN=C(N)NO. The fourth-order valence-electron chi connectivity index (χ4n) is 0.410. The van der Waals surface area contributed by atoms with E-state index < -0.39 is 0 Å². The number of nitrogens with zero attached hydrogens (tertiary/aromatic N) is 1. The lowest BCUT2D eigenvalue weighted by Gasteiger charge is -1.96. The van der Waals surface area contributed by atoms with Crippen LogP contribution >= 0.6 is 11.8 Å². The molecule has 0 aromatic carbocycles. The average molecular weight is 163 g/mol. The molecule has 0 saturated heterocycles. The Morgan fingerprint density at radius 3 is 3.00 bits per heavy atom. The van der Waals surface area contributed by atoms with Gasteiger partial charge in [-0.25, -0.2) is 5.48 Å². The summed E-state index contributed by atoms with van der Waals surface area (Å²) in [4.78, 5) is 3.79. The Labute approximate surface area is 64.9 Å². The summed E-state index contributed by atoms with van der Waals surface area (Å²) in [5.74, 6) is 2.11. The zero-order valence-electron chi connectivity index (χ0n) is 6.00. The first-order valence-corrected chi connectivity index (χ1v) is 4.24. The maximum absolute atomic E-state index is 8.18. The highest BCUT2D eigenvalue weighted by atomic mass is 32.2. The summed E-state index contributed by atoms with van der Waals surface area (Å²) in [6.07, 6.45) is 0. The second-order valence-corrected chi connectivity index (χ2v) is 2.97. The molecule has 5 heteroatoms. The largest absolute Gasteiger partial charge is 0.368 e. The average Bonchev–Trinajstić information content (AvgIpc) is 1.98. The smallest absolute Gasteiger partial charge is 0.212 e. The van der Waals surface area contributed by atoms with E-state index in [2.05, 4.69) is 11.9 Å². The zero-order valence-corrected chi connectivity index (χ0v) is 6.82. The van der Waals surface area contributed by atoms with Gasteiger partial charge < -0.3 is 5.73 Å². The fourth-order valence-corrected chi connectivity index (χ4v) is 0.919. The predicted octanol–water partition coefficient (Wildman–Crippen LogP) is 0.0330. The molecular formula is C5H13N3OS. The fraction of sp³-hybridized carbons (Fsp3) is 0.800. The van der Waals surface area contributed by atoms with Crippen molar-refractivity contribution in [1.82, 2.24) is 5.48 Å². The highest BCUT2D eigenvalue weighted by Gasteiger charge is 1.85. The van der Waals surface area contributed by atoms with Crippen LogP contribution in [0.4, 0.5) is 0 Å². The molecule has 0 radical (unpaired) electrons. The van der Waals surface area contributed by atoms with E-state index in [0.717, 1.165) is 11.5 Å². The Bertz CT molecular complexity index is 107. The summed E-state index contributed by atoms with van der Waals surface area (Å²) in [6.45, 7) is 2.74. The number of rotatable bonds is 4. The van der Waals surface area contributed by atoms with Crippen LogP contribution in [0.3, 0.4) is 0 Å². The van der Waals surface area contributed by atoms with E-state index in [1.54, 1.807) is 17.2 Å². The van der Waals surface area contributed by atoms with Crippen LogP contribution in [0.15, 0.2) is 4.99 Å². The van der Waals surface area contributed by atoms with Gasteiger partial charge in [-0.1, -0.05) is 6.92 Å². The van der Waals surface area contributed by atoms with Crippen LogP contribution in [0.5, 0.6) is 0 Å². The predicted molar refractivity (Wildman–Crippen MR) is 44.4 cm³/mol. The normalized spacial score (nSPS) is 11.6. The minimum Gasteiger partial charge on any atom is -0.368 e. The first-order chi connectivity index (χ1) is 4.81. The number of hydroxylamine groups is 1. The number of nitrogens with one attached hydrogen (secondary N) is 1. The zero-order chi connectivity index (χ0) is 7.82. The van der Waals surface area contributed by atoms with Gasteiger partial charge in [-0.3, -0.25) is 10.2 Å². The van der Waals surface area contributed by atoms with Crippen LogP contribution in [-0.2, 0) is 0 Å². The Hall–Kier alpha value is -0.420. The van der Waals surface area contributed by atoms with Gasteiger partial charge in [0.2, 0.25) is 5.96 Å². The summed E-state index contributed by atoms with van der Waals surface area (Å²) >= 11 is 1.79. The molecular weight excluding hydrogens is 150 g/mol. The van der Waals surface area contributed by atoms with Crippen molar-refractivity contribution >= 4 is 17.7 Å². The number of guanidine groups is 1. The van der Waals surface area contributed by atoms with Crippen molar-refractivity contribution in [2.45, 2.75) is 6.92 Å². The van der Waals surface area contributed by atoms with Crippen LogP contribution < -0.4 is 11.2 Å². The molecule has 0 atom stereocenters. The van der Waals surface area contributed by atoms with Crippen molar-refractivity contribution in [3.05, 3.63) is 0 Å². The standard InChI is InChI=1S/C5H13N3OS/c1-2-10-4-3-7-5(6)8-9/h9H,2-4H2,1H3,(H3,6,7,8). The van der Waals surface area contributed by atoms with Crippen LogP contribution in [0.1, 0.15) is 6.92 Å². The maximum atomic E-state index is 8.18. The highest BCUT2D eigenvalue weighted by molar-refractivity contribution is 7.99. The Kier molecular flexibility index (Phi) is 6.42. The van der Waals surface area contributed by atoms with E-state index in [1.165, 1.54) is 0 Å². The third kappa shape index (κ3) is 5.71. The molecule has 0 heterocycles. The summed E-state index contributed by atoms with van der Waals surface area (Å²) in [5, 5.41) is 8.18. The molecule has 0 aliphatic heterocycles. The van der Waals surface area contributed by atoms with Gasteiger partial charge in [0, 0.05) is 5.75 Å². The molecule has 0 saturated carbocycles. The van der Waals surface area contributed by atoms with Crippen molar-refractivity contribution in [2.24, 2.45) is 10.7 Å². The minimum atomic E-state index is 0.0803. The van der Waals surface area contributed by atoms with Crippen molar-refractivity contribution in [3.63, 3.8) is 0 Å². The number of nitrogens with two attached hydrogens (primary N) is 1. The number of hydrogen-bond donors (Lipinski definition) is 3. The molecule has 0 spiro atoms. The molecule has 60 valence electrons. The third-order valence-electron chi connectivity index (χ3n) is 0.836. The molecule has 0 amide bonds. The summed E-state index contributed by atoms with van der Waals surface area (Å²) in [6, 6.07) is 0. The Morgan fingerprint density at radius 1 is 1.80 bits per heavy atom. The highest BCUT2D eigenvalue weighted by Crippen LogP contribution is 1.96. The Balaban J connectivity index is 3.16. The Morgan fingerprint density at radius 2 is 2.50 bits per heavy atom. The van der Waals surface area contributed by atoms with Crippen molar-refractivity contribution in [3.8, 4) is 0 Å². The third-order valence-corrected chi connectivity index (χ3v) is 1.72. The second-order valence-electron chi connectivity index (χ2n) is 1.58. The van der Waals surface area contributed by atoms with Gasteiger partial charge in [0.1, 0.15) is 0 Å². The van der Waals surface area contributed by atoms with Crippen LogP contribution in [-0.4, -0.2) is 29.2 Å². The van der Waals surface area contributed by atoms with E-state index in [-0.39, 0.29) is 5.96 Å². The molecule has 0 aliphatic rings. The molecule has 0 aromatic heterocycles. The lowest BCUT2D eigenvalue weighted by atomic mass is 10.8. The monoisotopic (exact) mass is 163 g/mol. The van der Waals surface area contributed by atoms with Gasteiger partial charge in [-0.05, 0) is 5.75 Å². The molecule has 0 rings (SSSR count). The molecule has 0 aliphatic carbocycles. The second kappa shape index (κ2) is 6.70. The lowest BCUT2D eigenvalue weighted by Crippen LogP contribution is -2.28. The van der Waals surface area contributed by atoms with Gasteiger partial charge in [0.25, 0.3) is 0 Å². The van der Waals surface area contributed by atoms with Gasteiger partial charge in [0.05, 0.1) is 6.54 Å². The van der Waals surface area contributed by atoms with Crippen molar-refractivity contribution < 1.29 is 5.21 Å². The lowest BCUT2D eigenvalue weighted by molar-refractivity contribution is 0.232. The summed E-state index contributed by atoms with van der Waals surface area (Å²) < 4.78 is 0.